The highest BCUT2D eigenvalue weighted by atomic mass is 16.6. The third kappa shape index (κ3) is 14.4. The number of nitrogens with one attached hydrogen (secondary N) is 1. The average molecular weight is 1140 g/mol. The summed E-state index contributed by atoms with van der Waals surface area (Å²) < 4.78 is 61.6. The van der Waals surface area contributed by atoms with Crippen LogP contribution in [-0.2, 0) is 42.6 Å². The molecule has 3 N–H and O–H groups in total. The van der Waals surface area contributed by atoms with Crippen molar-refractivity contribution >= 4 is 103 Å². The number of morpholine rings is 3. The quantitative estimate of drug-likeness (QED) is 0.0981. The lowest BCUT2D eigenvalue weighted by Gasteiger charge is -2.31. The molecule has 3 saturated heterocycles. The van der Waals surface area contributed by atoms with E-state index in [1.807, 2.05) is 14.7 Å². The Morgan fingerprint density at radius 1 is 0.481 bits per heavy atom. The molecular weight excluding hydrogens is 1070 g/mol. The molecule has 3 aromatic carbocycles. The van der Waals surface area contributed by atoms with Gasteiger partial charge in [-0.25, -0.2) is 42.7 Å². The maximum Gasteiger partial charge on any atom is 0.424 e. The summed E-state index contributed by atoms with van der Waals surface area (Å²) in [7, 11) is 3.85. The molecule has 3 fully saturated rings. The second-order valence-corrected chi connectivity index (χ2v) is 21.1. The van der Waals surface area contributed by atoms with Crippen molar-refractivity contribution in [3.8, 4) is 0 Å². The van der Waals surface area contributed by atoms with Gasteiger partial charge in [0, 0.05) is 39.3 Å². The third-order valence-corrected chi connectivity index (χ3v) is 11.8. The number of benzene rings is 3. The number of esters is 3. The van der Waals surface area contributed by atoms with Gasteiger partial charge in [-0.2, -0.15) is 4.90 Å². The number of hydrogen-bond donors (Lipinski definition) is 2. The van der Waals surface area contributed by atoms with Crippen molar-refractivity contribution in [3.63, 3.8) is 0 Å². The van der Waals surface area contributed by atoms with Gasteiger partial charge in [-0.15, -0.1) is 0 Å². The Labute approximate surface area is 463 Å². The summed E-state index contributed by atoms with van der Waals surface area (Å²) in [5, 5.41) is 26.0. The molecule has 9 rings (SSSR count). The number of rotatable bonds is 8. The molecule has 0 radical (unpaired) electrons. The highest BCUT2D eigenvalue weighted by Gasteiger charge is 2.38. The number of carbonyl (C=O) groups excluding carboxylic acids is 6. The average Bonchev–Trinajstić information content (AvgIpc) is 4.45. The molecule has 30 heteroatoms. The first kappa shape index (κ1) is 60.0. The van der Waals surface area contributed by atoms with Gasteiger partial charge in [0.1, 0.15) is 16.8 Å². The molecule has 0 spiro atoms. The maximum atomic E-state index is 13.2. The summed E-state index contributed by atoms with van der Waals surface area (Å²) in [4.78, 5) is 82.2. The smallest absolute Gasteiger partial charge is 0.424 e. The summed E-state index contributed by atoms with van der Waals surface area (Å²) in [5.41, 5.74) is 7.93. The zero-order valence-electron chi connectivity index (χ0n) is 47.1. The summed E-state index contributed by atoms with van der Waals surface area (Å²) in [6.45, 7) is 21.7. The highest BCUT2D eigenvalue weighted by Crippen LogP contribution is 2.40. The van der Waals surface area contributed by atoms with Gasteiger partial charge < -0.3 is 63.1 Å². The molecule has 3 amide bonds. The van der Waals surface area contributed by atoms with E-state index in [4.69, 9.17) is 62.3 Å². The number of imide groups is 1. The van der Waals surface area contributed by atoms with E-state index >= 15 is 0 Å². The fourth-order valence-electron chi connectivity index (χ4n) is 8.48. The van der Waals surface area contributed by atoms with Crippen LogP contribution >= 0.6 is 0 Å². The lowest BCUT2D eigenvalue weighted by Crippen LogP contribution is -2.44. The van der Waals surface area contributed by atoms with Gasteiger partial charge in [0.2, 0.25) is 0 Å². The molecule has 438 valence electrons. The van der Waals surface area contributed by atoms with E-state index in [2.05, 4.69) is 36.3 Å². The first-order valence-corrected chi connectivity index (χ1v) is 25.5. The van der Waals surface area contributed by atoms with Crippen molar-refractivity contribution in [2.75, 3.05) is 131 Å². The molecule has 3 aromatic heterocycles. The molecule has 3 aliphatic rings. The Hall–Kier alpha value is -8.64. The monoisotopic (exact) mass is 1130 g/mol. The lowest BCUT2D eigenvalue weighted by molar-refractivity contribution is 0.0426. The molecular formula is C51H66N12O18. The largest absolute Gasteiger partial charge is 0.465 e. The maximum absolute atomic E-state index is 13.2. The summed E-state index contributed by atoms with van der Waals surface area (Å²) >= 11 is 0. The zero-order valence-corrected chi connectivity index (χ0v) is 47.1. The Morgan fingerprint density at radius 2 is 0.815 bits per heavy atom. The number of fused-ring (bicyclic) bond motifs is 3. The van der Waals surface area contributed by atoms with Gasteiger partial charge >= 0.3 is 36.2 Å². The van der Waals surface area contributed by atoms with E-state index in [1.165, 1.54) is 33.5 Å². The highest BCUT2D eigenvalue weighted by molar-refractivity contribution is 6.18. The van der Waals surface area contributed by atoms with Gasteiger partial charge in [0.05, 0.1) is 112 Å². The van der Waals surface area contributed by atoms with E-state index in [0.717, 1.165) is 0 Å². The van der Waals surface area contributed by atoms with E-state index in [-0.39, 0.29) is 33.5 Å². The standard InChI is InChI=1S/C22H30N4O8.C17H22N4O6.C12H14N4O4/c1-21(2,3)32-19(28)26(20(29)33-22(4,5)6)14-12-13(18(27)30-7)17(16-15(14)23-34-24-16)25-8-10-31-11-9-25;1-17(2,3)26-16(23)18-11-9-10(15(22)24-4)14(13-12(11)19-27-20-13)21-5-7-25-8-6-21;1-18-12(17)7-6-8(13)9-10(15-20-14-9)11(7)16-2-4-19-5-3-16/h12H,8-11H2,1-7H3;9H,5-8H2,1-4H3,(H,18,23);6H,2-5,13H2,1H3. The van der Waals surface area contributed by atoms with E-state index in [0.29, 0.717) is 134 Å². The van der Waals surface area contributed by atoms with Crippen LogP contribution in [0.2, 0.25) is 0 Å². The summed E-state index contributed by atoms with van der Waals surface area (Å²) in [6.07, 6.45) is -2.70. The molecule has 81 heavy (non-hydrogen) atoms. The SMILES string of the molecule is COC(=O)c1cc(N(C(=O)OC(C)(C)C)C(=O)OC(C)(C)C)c2nonc2c1N1CCOCC1.COC(=O)c1cc(N)c2nonc2c1N1CCOCC1.COC(=O)c1cc(NC(=O)OC(C)(C)C)c2nonc2c1N1CCOCC1. The number of methoxy groups -OCH3 is 3. The number of nitrogen functional groups attached to an aromatic ring is 1. The predicted molar refractivity (Wildman–Crippen MR) is 288 cm³/mol. The van der Waals surface area contributed by atoms with Gasteiger partial charge in [-0.3, -0.25) is 5.32 Å². The molecule has 6 aromatic rings. The van der Waals surface area contributed by atoms with Crippen molar-refractivity contribution in [1.82, 2.24) is 30.9 Å². The van der Waals surface area contributed by atoms with Gasteiger partial charge in [0.15, 0.2) is 33.1 Å². The van der Waals surface area contributed by atoms with Crippen molar-refractivity contribution < 1.29 is 85.3 Å². The molecule has 6 heterocycles. The second-order valence-electron chi connectivity index (χ2n) is 21.1. The van der Waals surface area contributed by atoms with Gasteiger partial charge in [-0.05, 0) is 111 Å². The van der Waals surface area contributed by atoms with Gasteiger partial charge in [-0.1, -0.05) is 0 Å². The minimum Gasteiger partial charge on any atom is -0.465 e. The van der Waals surface area contributed by atoms with E-state index in [9.17, 15) is 28.8 Å². The molecule has 0 bridgehead atoms. The number of aromatic nitrogens is 6. The van der Waals surface area contributed by atoms with Crippen LogP contribution in [-0.4, -0.2) is 184 Å². The minimum atomic E-state index is -1.01. The number of amides is 3. The Balaban J connectivity index is 0.000000181. The Kier molecular flexibility index (Phi) is 18.7. The minimum absolute atomic E-state index is 0.0692. The van der Waals surface area contributed by atoms with Crippen molar-refractivity contribution in [1.29, 1.82) is 0 Å². The zero-order chi connectivity index (χ0) is 59.0. The molecule has 3 aliphatic heterocycles. The first-order valence-electron chi connectivity index (χ1n) is 25.5. The summed E-state index contributed by atoms with van der Waals surface area (Å²) in [5.74, 6) is -1.72. The summed E-state index contributed by atoms with van der Waals surface area (Å²) in [6, 6.07) is 4.37. The topological polar surface area (TPSA) is 353 Å². The fraction of sp³-hybridized carbons (Fsp3) is 0.529. The van der Waals surface area contributed by atoms with Crippen LogP contribution in [0.5, 0.6) is 0 Å². The van der Waals surface area contributed by atoms with E-state index in [1.54, 1.807) is 68.4 Å². The Morgan fingerprint density at radius 3 is 1.21 bits per heavy atom. The molecule has 0 unspecified atom stereocenters. The number of nitrogens with two attached hydrogens (primary N) is 1. The van der Waals surface area contributed by atoms with Crippen molar-refractivity contribution in [2.45, 2.75) is 79.1 Å². The third-order valence-electron chi connectivity index (χ3n) is 11.8. The van der Waals surface area contributed by atoms with Crippen LogP contribution < -0.4 is 30.7 Å². The van der Waals surface area contributed by atoms with Crippen LogP contribution in [0.1, 0.15) is 93.4 Å². The van der Waals surface area contributed by atoms with Crippen LogP contribution in [0.3, 0.4) is 0 Å². The van der Waals surface area contributed by atoms with Crippen molar-refractivity contribution in [3.05, 3.63) is 34.9 Å². The molecule has 0 aliphatic carbocycles. The van der Waals surface area contributed by atoms with Crippen LogP contribution in [0.25, 0.3) is 33.1 Å². The Bertz CT molecular complexity index is 3220. The van der Waals surface area contributed by atoms with Crippen LogP contribution in [0.15, 0.2) is 32.1 Å². The number of ether oxygens (including phenoxy) is 9. The molecule has 0 saturated carbocycles. The van der Waals surface area contributed by atoms with Crippen LogP contribution in [0.4, 0.5) is 48.5 Å². The van der Waals surface area contributed by atoms with Crippen molar-refractivity contribution in [2.24, 2.45) is 0 Å². The first-order chi connectivity index (χ1) is 38.3. The normalized spacial score (nSPS) is 14.9. The molecule has 30 nitrogen and oxygen atoms in total. The van der Waals surface area contributed by atoms with E-state index < -0.39 is 53.0 Å². The molecule has 0 atom stereocenters. The number of anilines is 6. The number of nitrogens with zero attached hydrogens (tertiary/aromatic N) is 10. The number of carbonyl (C=O) groups is 6. The lowest BCUT2D eigenvalue weighted by atomic mass is 10.1. The number of hydrogen-bond acceptors (Lipinski definition) is 28. The second kappa shape index (κ2) is 25.2. The predicted octanol–water partition coefficient (Wildman–Crippen LogP) is 6.14. The van der Waals surface area contributed by atoms with Gasteiger partial charge in [0.25, 0.3) is 0 Å². The fourth-order valence-corrected chi connectivity index (χ4v) is 8.48. The van der Waals surface area contributed by atoms with Crippen LogP contribution in [0, 0.1) is 0 Å².